The summed E-state index contributed by atoms with van der Waals surface area (Å²) in [7, 11) is 0. The average Bonchev–Trinajstić information content (AvgIpc) is 3.26. The lowest BCUT2D eigenvalue weighted by Crippen LogP contribution is -2.30. The van der Waals surface area contributed by atoms with Gasteiger partial charge in [-0.2, -0.15) is 0 Å². The molecular weight excluding hydrogens is 757 g/mol. The SMILES string of the molecule is CC/C=C\C/C=C\C/C=C\CCCCCCCC(=O)O[C@H](COC(=O)CCCCCCC/C=C\CCCC)COC(=O)CCCCCCCCCCCCCCCCCCC. The smallest absolute Gasteiger partial charge is 0.306 e. The van der Waals surface area contributed by atoms with Crippen molar-refractivity contribution < 1.29 is 28.6 Å². The van der Waals surface area contributed by atoms with Crippen LogP contribution in [0.2, 0.25) is 0 Å². The maximum Gasteiger partial charge on any atom is 0.306 e. The first-order chi connectivity index (χ1) is 30.0. The van der Waals surface area contributed by atoms with Gasteiger partial charge in [-0.25, -0.2) is 0 Å². The Hall–Kier alpha value is -2.63. The van der Waals surface area contributed by atoms with E-state index in [1.165, 1.54) is 122 Å². The van der Waals surface area contributed by atoms with Gasteiger partial charge >= 0.3 is 17.9 Å². The van der Waals surface area contributed by atoms with Crippen LogP contribution in [-0.2, 0) is 28.6 Å². The molecule has 0 aromatic rings. The van der Waals surface area contributed by atoms with Gasteiger partial charge in [0.1, 0.15) is 13.2 Å². The van der Waals surface area contributed by atoms with Gasteiger partial charge in [-0.05, 0) is 70.6 Å². The van der Waals surface area contributed by atoms with Crippen LogP contribution in [0.4, 0.5) is 0 Å². The standard InChI is InChI=1S/C55H98O6/c1-4-7-10-13-16-19-22-24-26-27-29-30-33-36-39-42-45-48-54(57)60-51-52(50-59-53(56)47-44-41-38-35-32-21-18-15-12-9-6-3)61-55(58)49-46-43-40-37-34-31-28-25-23-20-17-14-11-8-5-2/h8,11,15,17-18,20,25,28,52H,4-7,9-10,12-14,16,19,21-24,26-27,29-51H2,1-3H3/b11-8-,18-15-,20-17-,28-25-/t52-/m1/s1. The number of unbranched alkanes of at least 4 members (excludes halogenated alkanes) is 28. The molecule has 0 aromatic carbocycles. The summed E-state index contributed by atoms with van der Waals surface area (Å²) in [6.45, 7) is 6.49. The Balaban J connectivity index is 4.35. The molecule has 0 aliphatic rings. The summed E-state index contributed by atoms with van der Waals surface area (Å²) in [6, 6.07) is 0. The molecule has 6 nitrogen and oxygen atoms in total. The van der Waals surface area contributed by atoms with Crippen LogP contribution in [0.25, 0.3) is 0 Å². The molecular formula is C55H98O6. The number of esters is 3. The van der Waals surface area contributed by atoms with E-state index in [0.29, 0.717) is 19.3 Å². The van der Waals surface area contributed by atoms with E-state index >= 15 is 0 Å². The molecule has 61 heavy (non-hydrogen) atoms. The Morgan fingerprint density at radius 3 is 1.07 bits per heavy atom. The molecule has 1 atom stereocenters. The van der Waals surface area contributed by atoms with Gasteiger partial charge < -0.3 is 14.2 Å². The normalized spacial score (nSPS) is 12.4. The van der Waals surface area contributed by atoms with Crippen LogP contribution < -0.4 is 0 Å². The van der Waals surface area contributed by atoms with Crippen molar-refractivity contribution in [2.75, 3.05) is 13.2 Å². The lowest BCUT2D eigenvalue weighted by Gasteiger charge is -2.18. The summed E-state index contributed by atoms with van der Waals surface area (Å²) in [5, 5.41) is 0. The Kier molecular flexibility index (Phi) is 47.9. The summed E-state index contributed by atoms with van der Waals surface area (Å²) in [5.41, 5.74) is 0. The maximum absolute atomic E-state index is 12.8. The fourth-order valence-corrected chi connectivity index (χ4v) is 7.38. The first-order valence-electron chi connectivity index (χ1n) is 26.1. The summed E-state index contributed by atoms with van der Waals surface area (Å²) in [6.07, 6.45) is 59.5. The van der Waals surface area contributed by atoms with E-state index in [1.807, 2.05) is 0 Å². The first-order valence-corrected chi connectivity index (χ1v) is 26.1. The zero-order valence-corrected chi connectivity index (χ0v) is 40.4. The van der Waals surface area contributed by atoms with Crippen molar-refractivity contribution in [2.45, 2.75) is 271 Å². The van der Waals surface area contributed by atoms with Gasteiger partial charge in [0.2, 0.25) is 0 Å². The molecule has 0 rings (SSSR count). The minimum Gasteiger partial charge on any atom is -0.462 e. The molecule has 0 heterocycles. The van der Waals surface area contributed by atoms with Crippen LogP contribution in [0.15, 0.2) is 48.6 Å². The monoisotopic (exact) mass is 855 g/mol. The molecule has 0 fully saturated rings. The second kappa shape index (κ2) is 50.0. The molecule has 0 radical (unpaired) electrons. The van der Waals surface area contributed by atoms with E-state index in [-0.39, 0.29) is 31.1 Å². The summed E-state index contributed by atoms with van der Waals surface area (Å²) in [4.78, 5) is 37.9. The van der Waals surface area contributed by atoms with Crippen LogP contribution in [0.1, 0.15) is 265 Å². The quantitative estimate of drug-likeness (QED) is 0.0263. The summed E-state index contributed by atoms with van der Waals surface area (Å²) in [5.74, 6) is -0.900. The van der Waals surface area contributed by atoms with Gasteiger partial charge in [-0.1, -0.05) is 223 Å². The van der Waals surface area contributed by atoms with Crippen molar-refractivity contribution in [2.24, 2.45) is 0 Å². The highest BCUT2D eigenvalue weighted by Gasteiger charge is 2.19. The van der Waals surface area contributed by atoms with Gasteiger partial charge in [0.05, 0.1) is 0 Å². The van der Waals surface area contributed by atoms with E-state index in [0.717, 1.165) is 103 Å². The number of rotatable bonds is 47. The number of allylic oxidation sites excluding steroid dienone is 8. The van der Waals surface area contributed by atoms with Crippen LogP contribution in [0, 0.1) is 0 Å². The third kappa shape index (κ3) is 48.3. The third-order valence-electron chi connectivity index (χ3n) is 11.3. The highest BCUT2D eigenvalue weighted by atomic mass is 16.6. The molecule has 0 amide bonds. The molecule has 0 unspecified atom stereocenters. The first kappa shape index (κ1) is 58.4. The van der Waals surface area contributed by atoms with Crippen molar-refractivity contribution in [1.29, 1.82) is 0 Å². The minimum atomic E-state index is -0.782. The van der Waals surface area contributed by atoms with Gasteiger partial charge in [0, 0.05) is 19.3 Å². The highest BCUT2D eigenvalue weighted by molar-refractivity contribution is 5.71. The van der Waals surface area contributed by atoms with E-state index < -0.39 is 6.10 Å². The molecule has 0 bridgehead atoms. The zero-order chi connectivity index (χ0) is 44.4. The van der Waals surface area contributed by atoms with E-state index in [4.69, 9.17) is 14.2 Å². The van der Waals surface area contributed by atoms with Crippen LogP contribution in [0.3, 0.4) is 0 Å². The molecule has 0 N–H and O–H groups in total. The average molecular weight is 855 g/mol. The Bertz CT molecular complexity index is 1070. The number of ether oxygens (including phenoxy) is 3. The predicted octanol–water partition coefficient (Wildman–Crippen LogP) is 17.1. The zero-order valence-electron chi connectivity index (χ0n) is 40.4. The lowest BCUT2D eigenvalue weighted by molar-refractivity contribution is -0.167. The van der Waals surface area contributed by atoms with Crippen LogP contribution in [0.5, 0.6) is 0 Å². The van der Waals surface area contributed by atoms with Gasteiger partial charge in [-0.15, -0.1) is 0 Å². The molecule has 0 saturated carbocycles. The largest absolute Gasteiger partial charge is 0.462 e. The van der Waals surface area contributed by atoms with E-state index in [2.05, 4.69) is 69.4 Å². The molecule has 0 aliphatic heterocycles. The van der Waals surface area contributed by atoms with Gasteiger partial charge in [-0.3, -0.25) is 14.4 Å². The van der Waals surface area contributed by atoms with Crippen LogP contribution in [-0.4, -0.2) is 37.2 Å². The minimum absolute atomic E-state index is 0.0804. The van der Waals surface area contributed by atoms with Crippen molar-refractivity contribution in [1.82, 2.24) is 0 Å². The number of carbonyl (C=O) groups is 3. The summed E-state index contributed by atoms with van der Waals surface area (Å²) >= 11 is 0. The fourth-order valence-electron chi connectivity index (χ4n) is 7.38. The number of hydrogen-bond donors (Lipinski definition) is 0. The molecule has 0 spiro atoms. The number of hydrogen-bond acceptors (Lipinski definition) is 6. The van der Waals surface area contributed by atoms with Crippen molar-refractivity contribution in [3.8, 4) is 0 Å². The maximum atomic E-state index is 12.8. The van der Waals surface area contributed by atoms with Crippen molar-refractivity contribution in [3.63, 3.8) is 0 Å². The topological polar surface area (TPSA) is 78.9 Å². The van der Waals surface area contributed by atoms with E-state index in [9.17, 15) is 14.4 Å². The highest BCUT2D eigenvalue weighted by Crippen LogP contribution is 2.16. The van der Waals surface area contributed by atoms with Crippen molar-refractivity contribution >= 4 is 17.9 Å². The van der Waals surface area contributed by atoms with Crippen LogP contribution >= 0.6 is 0 Å². The molecule has 354 valence electrons. The molecule has 0 saturated heterocycles. The summed E-state index contributed by atoms with van der Waals surface area (Å²) < 4.78 is 16.8. The predicted molar refractivity (Wildman–Crippen MR) is 261 cm³/mol. The Morgan fingerprint density at radius 2 is 0.656 bits per heavy atom. The molecule has 0 aromatic heterocycles. The Morgan fingerprint density at radius 1 is 0.344 bits per heavy atom. The fraction of sp³-hybridized carbons (Fsp3) is 0.800. The van der Waals surface area contributed by atoms with Gasteiger partial charge in [0.25, 0.3) is 0 Å². The van der Waals surface area contributed by atoms with Gasteiger partial charge in [0.15, 0.2) is 6.10 Å². The molecule has 6 heteroatoms. The second-order valence-electron chi connectivity index (χ2n) is 17.4. The molecule has 0 aliphatic carbocycles. The Labute approximate surface area is 378 Å². The second-order valence-corrected chi connectivity index (χ2v) is 17.4. The van der Waals surface area contributed by atoms with E-state index in [1.54, 1.807) is 0 Å². The number of carbonyl (C=O) groups excluding carboxylic acids is 3. The third-order valence-corrected chi connectivity index (χ3v) is 11.3. The van der Waals surface area contributed by atoms with Crippen molar-refractivity contribution in [3.05, 3.63) is 48.6 Å². The lowest BCUT2D eigenvalue weighted by atomic mass is 10.0.